The minimum absolute atomic E-state index is 0.466. The third kappa shape index (κ3) is 4.85. The highest BCUT2D eigenvalue weighted by Gasteiger charge is 2.35. The van der Waals surface area contributed by atoms with Crippen LogP contribution in [0.3, 0.4) is 0 Å². The molecule has 0 bridgehead atoms. The smallest absolute Gasteiger partial charge is 0.0210 e. The first-order valence-electron chi connectivity index (χ1n) is 7.68. The molecule has 0 spiro atoms. The molecule has 1 rings (SSSR count). The number of rotatable bonds is 8. The molecular weight excluding hydrogens is 204 g/mol. The molecule has 0 heteroatoms. The summed E-state index contributed by atoms with van der Waals surface area (Å²) >= 11 is 0. The van der Waals surface area contributed by atoms with Gasteiger partial charge in [-0.05, 0) is 48.9 Å². The van der Waals surface area contributed by atoms with Crippen molar-refractivity contribution in [1.29, 1.82) is 0 Å². The van der Waals surface area contributed by atoms with Crippen LogP contribution >= 0.6 is 0 Å². The highest BCUT2D eigenvalue weighted by Crippen LogP contribution is 2.46. The largest absolute Gasteiger partial charge is 0.0885 e. The van der Waals surface area contributed by atoms with Crippen LogP contribution in [-0.4, -0.2) is 0 Å². The summed E-state index contributed by atoms with van der Waals surface area (Å²) in [6.07, 6.45) is 13.1. The van der Waals surface area contributed by atoms with Crippen LogP contribution in [0.5, 0.6) is 0 Å². The molecule has 0 aromatic heterocycles. The van der Waals surface area contributed by atoms with E-state index < -0.39 is 0 Å². The van der Waals surface area contributed by atoms with Gasteiger partial charge in [-0.25, -0.2) is 0 Å². The molecule has 0 saturated heterocycles. The first kappa shape index (κ1) is 14.8. The first-order valence-corrected chi connectivity index (χ1v) is 7.68. The van der Waals surface area contributed by atoms with Crippen molar-refractivity contribution in [1.82, 2.24) is 0 Å². The van der Waals surface area contributed by atoms with E-state index in [-0.39, 0.29) is 0 Å². The Morgan fingerprint density at radius 2 is 1.88 bits per heavy atom. The lowest BCUT2D eigenvalue weighted by Gasteiger charge is -2.34. The fraction of sp³-hybridized carbons (Fsp3) is 0.882. The van der Waals surface area contributed by atoms with Gasteiger partial charge < -0.3 is 0 Å². The average Bonchev–Trinajstić information content (AvgIpc) is 3.08. The van der Waals surface area contributed by atoms with Crippen molar-refractivity contribution < 1.29 is 0 Å². The summed E-state index contributed by atoms with van der Waals surface area (Å²) < 4.78 is 0. The fourth-order valence-electron chi connectivity index (χ4n) is 2.91. The molecule has 2 unspecified atom stereocenters. The molecule has 1 fully saturated rings. The van der Waals surface area contributed by atoms with Crippen molar-refractivity contribution in [3.63, 3.8) is 0 Å². The maximum absolute atomic E-state index is 2.46. The summed E-state index contributed by atoms with van der Waals surface area (Å²) in [7, 11) is 0. The Balaban J connectivity index is 2.52. The first-order chi connectivity index (χ1) is 8.01. The molecule has 0 N–H and O–H groups in total. The van der Waals surface area contributed by atoms with E-state index in [1.807, 2.05) is 0 Å². The van der Waals surface area contributed by atoms with Gasteiger partial charge in [0.2, 0.25) is 0 Å². The van der Waals surface area contributed by atoms with Crippen LogP contribution < -0.4 is 0 Å². The predicted octanol–water partition coefficient (Wildman–Crippen LogP) is 5.83. The highest BCUT2D eigenvalue weighted by atomic mass is 14.4. The van der Waals surface area contributed by atoms with Crippen molar-refractivity contribution in [2.24, 2.45) is 23.2 Å². The molecule has 17 heavy (non-hydrogen) atoms. The third-order valence-corrected chi connectivity index (χ3v) is 4.63. The number of hydrogen-bond acceptors (Lipinski definition) is 0. The van der Waals surface area contributed by atoms with Gasteiger partial charge in [0.05, 0.1) is 0 Å². The molecule has 0 aromatic carbocycles. The molecule has 0 heterocycles. The van der Waals surface area contributed by atoms with Gasteiger partial charge >= 0.3 is 0 Å². The zero-order valence-electron chi connectivity index (χ0n) is 12.6. The highest BCUT2D eigenvalue weighted by molar-refractivity contribution is 4.95. The average molecular weight is 236 g/mol. The zero-order chi connectivity index (χ0) is 12.9. The van der Waals surface area contributed by atoms with Crippen LogP contribution in [-0.2, 0) is 0 Å². The zero-order valence-corrected chi connectivity index (χ0v) is 12.6. The van der Waals surface area contributed by atoms with E-state index in [1.54, 1.807) is 0 Å². The van der Waals surface area contributed by atoms with Gasteiger partial charge in [-0.3, -0.25) is 0 Å². The lowest BCUT2D eigenvalue weighted by atomic mass is 9.71. The molecule has 0 aromatic rings. The van der Waals surface area contributed by atoms with Crippen molar-refractivity contribution in [3.05, 3.63) is 12.2 Å². The third-order valence-electron chi connectivity index (χ3n) is 4.63. The Kier molecular flexibility index (Phi) is 5.76. The monoisotopic (exact) mass is 236 g/mol. The molecule has 1 saturated carbocycles. The fourth-order valence-corrected chi connectivity index (χ4v) is 2.91. The van der Waals surface area contributed by atoms with Crippen LogP contribution in [0.15, 0.2) is 12.2 Å². The molecule has 2 atom stereocenters. The Hall–Kier alpha value is -0.260. The second kappa shape index (κ2) is 6.61. The Morgan fingerprint density at radius 3 is 2.35 bits per heavy atom. The SMILES string of the molecule is CCC=CC(C)C(C)(C)CC(CCC)C1CC1. The van der Waals surface area contributed by atoms with Crippen molar-refractivity contribution >= 4 is 0 Å². The molecule has 0 amide bonds. The second-order valence-electron chi connectivity index (χ2n) is 6.70. The van der Waals surface area contributed by atoms with E-state index in [4.69, 9.17) is 0 Å². The van der Waals surface area contributed by atoms with Crippen molar-refractivity contribution in [2.45, 2.75) is 73.1 Å². The summed E-state index contributed by atoms with van der Waals surface area (Å²) in [4.78, 5) is 0. The number of allylic oxidation sites excluding steroid dienone is 2. The normalized spacial score (nSPS) is 20.8. The van der Waals surface area contributed by atoms with Crippen molar-refractivity contribution in [2.75, 3.05) is 0 Å². The van der Waals surface area contributed by atoms with Crippen LogP contribution in [0.25, 0.3) is 0 Å². The van der Waals surface area contributed by atoms with Gasteiger partial charge in [0.15, 0.2) is 0 Å². The molecule has 1 aliphatic rings. The van der Waals surface area contributed by atoms with Crippen LogP contribution in [0.4, 0.5) is 0 Å². The minimum Gasteiger partial charge on any atom is -0.0885 e. The standard InChI is InChI=1S/C17H32/c1-6-8-10-14(3)17(4,5)13-16(9-7-2)15-11-12-15/h8,10,14-16H,6-7,9,11-13H2,1-5H3. The van der Waals surface area contributed by atoms with E-state index in [2.05, 4.69) is 46.8 Å². The summed E-state index contributed by atoms with van der Waals surface area (Å²) in [6, 6.07) is 0. The summed E-state index contributed by atoms with van der Waals surface area (Å²) in [5.41, 5.74) is 0.466. The lowest BCUT2D eigenvalue weighted by molar-refractivity contribution is 0.186. The van der Waals surface area contributed by atoms with Gasteiger partial charge in [-0.2, -0.15) is 0 Å². The Labute approximate surface area is 109 Å². The second-order valence-corrected chi connectivity index (χ2v) is 6.70. The van der Waals surface area contributed by atoms with Gasteiger partial charge in [0.25, 0.3) is 0 Å². The summed E-state index contributed by atoms with van der Waals surface area (Å²) in [5.74, 6) is 2.77. The number of hydrogen-bond donors (Lipinski definition) is 0. The Morgan fingerprint density at radius 1 is 1.24 bits per heavy atom. The van der Waals surface area contributed by atoms with E-state index in [9.17, 15) is 0 Å². The summed E-state index contributed by atoms with van der Waals surface area (Å²) in [6.45, 7) is 11.9. The molecule has 0 radical (unpaired) electrons. The van der Waals surface area contributed by atoms with Gasteiger partial charge in [0, 0.05) is 0 Å². The summed E-state index contributed by atoms with van der Waals surface area (Å²) in [5, 5.41) is 0. The molecule has 0 aliphatic heterocycles. The van der Waals surface area contributed by atoms with E-state index >= 15 is 0 Å². The van der Waals surface area contributed by atoms with Gasteiger partial charge in [-0.1, -0.05) is 59.6 Å². The Bertz CT molecular complexity index is 232. The van der Waals surface area contributed by atoms with Crippen molar-refractivity contribution in [3.8, 4) is 0 Å². The maximum Gasteiger partial charge on any atom is -0.0210 e. The van der Waals surface area contributed by atoms with E-state index in [0.717, 1.165) is 11.8 Å². The molecule has 0 nitrogen and oxygen atoms in total. The maximum atomic E-state index is 2.46. The molecular formula is C17H32. The van der Waals surface area contributed by atoms with Gasteiger partial charge in [0.1, 0.15) is 0 Å². The topological polar surface area (TPSA) is 0 Å². The van der Waals surface area contributed by atoms with E-state index in [0.29, 0.717) is 11.3 Å². The van der Waals surface area contributed by atoms with Crippen LogP contribution in [0, 0.1) is 23.2 Å². The predicted molar refractivity (Wildman–Crippen MR) is 78.1 cm³/mol. The van der Waals surface area contributed by atoms with Gasteiger partial charge in [-0.15, -0.1) is 0 Å². The lowest BCUT2D eigenvalue weighted by Crippen LogP contribution is -2.24. The molecule has 100 valence electrons. The molecule has 1 aliphatic carbocycles. The van der Waals surface area contributed by atoms with E-state index in [1.165, 1.54) is 38.5 Å². The van der Waals surface area contributed by atoms with Crippen LogP contribution in [0.2, 0.25) is 0 Å². The van der Waals surface area contributed by atoms with Crippen LogP contribution in [0.1, 0.15) is 73.1 Å². The minimum atomic E-state index is 0.466. The quantitative estimate of drug-likeness (QED) is 0.465.